The van der Waals surface area contributed by atoms with E-state index in [0.717, 1.165) is 12.1 Å². The van der Waals surface area contributed by atoms with E-state index in [9.17, 15) is 22.4 Å². The molecule has 0 saturated carbocycles. The van der Waals surface area contributed by atoms with Crippen molar-refractivity contribution in [2.24, 2.45) is 0 Å². The molecule has 0 heterocycles. The van der Waals surface area contributed by atoms with Crippen molar-refractivity contribution in [1.29, 1.82) is 0 Å². The van der Waals surface area contributed by atoms with Crippen LogP contribution in [0.3, 0.4) is 0 Å². The van der Waals surface area contributed by atoms with Gasteiger partial charge in [-0.3, -0.25) is 14.3 Å². The van der Waals surface area contributed by atoms with Gasteiger partial charge in [0.1, 0.15) is 5.82 Å². The minimum Gasteiger partial charge on any atom is -0.326 e. The fourth-order valence-corrected chi connectivity index (χ4v) is 3.89. The van der Waals surface area contributed by atoms with Crippen LogP contribution in [-0.4, -0.2) is 20.2 Å². The van der Waals surface area contributed by atoms with Gasteiger partial charge in [-0.15, -0.1) is 0 Å². The lowest BCUT2D eigenvalue weighted by Gasteiger charge is -2.10. The maximum atomic E-state index is 13.0. The van der Waals surface area contributed by atoms with Gasteiger partial charge >= 0.3 is 0 Å². The molecule has 0 fully saturated rings. The van der Waals surface area contributed by atoms with Gasteiger partial charge in [-0.25, -0.2) is 12.8 Å². The zero-order valence-corrected chi connectivity index (χ0v) is 18.1. The summed E-state index contributed by atoms with van der Waals surface area (Å²) in [5, 5.41) is 5.50. The Morgan fingerprint density at radius 3 is 2.00 bits per heavy atom. The van der Waals surface area contributed by atoms with Gasteiger partial charge in [0.15, 0.2) is 0 Å². The number of carbonyl (C=O) groups is 2. The molecule has 0 aliphatic heterocycles. The number of amides is 2. The fourth-order valence-electron chi connectivity index (χ4n) is 2.83. The number of hydrogen-bond donors (Lipinski definition) is 3. The third kappa shape index (κ3) is 6.39. The van der Waals surface area contributed by atoms with Crippen molar-refractivity contribution in [3.05, 3.63) is 84.2 Å². The maximum Gasteiger partial charge on any atom is 0.261 e. The summed E-state index contributed by atoms with van der Waals surface area (Å²) in [6, 6.07) is 17.7. The first-order valence-corrected chi connectivity index (χ1v) is 11.3. The first kappa shape index (κ1) is 23.0. The Balaban J connectivity index is 1.59. The summed E-state index contributed by atoms with van der Waals surface area (Å²) in [7, 11) is -3.85. The molecule has 32 heavy (non-hydrogen) atoms. The largest absolute Gasteiger partial charge is 0.326 e. The molecular formula is C23H22FN3O4S. The summed E-state index contributed by atoms with van der Waals surface area (Å²) in [5.74, 6) is -0.906. The van der Waals surface area contributed by atoms with E-state index in [1.54, 1.807) is 55.5 Å². The van der Waals surface area contributed by atoms with Crippen LogP contribution in [0.2, 0.25) is 0 Å². The van der Waals surface area contributed by atoms with Crippen LogP contribution in [0.25, 0.3) is 0 Å². The molecule has 0 saturated heterocycles. The van der Waals surface area contributed by atoms with Crippen molar-refractivity contribution in [1.82, 2.24) is 0 Å². The number of carbonyl (C=O) groups excluding carboxylic acids is 2. The molecule has 3 aromatic rings. The van der Waals surface area contributed by atoms with Gasteiger partial charge in [0.25, 0.3) is 10.0 Å². The van der Waals surface area contributed by atoms with Crippen molar-refractivity contribution in [3.8, 4) is 0 Å². The second kappa shape index (κ2) is 10.1. The SMILES string of the molecule is CCC(=O)Nc1cccc(NC(=O)Cc2ccc(NS(=O)(=O)c3ccc(F)cc3)cc2)c1. The summed E-state index contributed by atoms with van der Waals surface area (Å²) in [6.45, 7) is 1.75. The summed E-state index contributed by atoms with van der Waals surface area (Å²) >= 11 is 0. The van der Waals surface area contributed by atoms with Crippen LogP contribution < -0.4 is 15.4 Å². The van der Waals surface area contributed by atoms with Crippen LogP contribution in [-0.2, 0) is 26.0 Å². The lowest BCUT2D eigenvalue weighted by Crippen LogP contribution is -2.15. The van der Waals surface area contributed by atoms with Gasteiger partial charge in [0, 0.05) is 23.5 Å². The Hall–Kier alpha value is -3.72. The van der Waals surface area contributed by atoms with Crippen LogP contribution in [0.15, 0.2) is 77.7 Å². The number of anilines is 3. The normalized spacial score (nSPS) is 10.9. The average molecular weight is 456 g/mol. The number of benzene rings is 3. The summed E-state index contributed by atoms with van der Waals surface area (Å²) in [5.41, 5.74) is 2.14. The molecule has 3 N–H and O–H groups in total. The van der Waals surface area contributed by atoms with E-state index in [4.69, 9.17) is 0 Å². The van der Waals surface area contributed by atoms with Crippen molar-refractivity contribution in [2.75, 3.05) is 15.4 Å². The summed E-state index contributed by atoms with van der Waals surface area (Å²) < 4.78 is 40.2. The molecule has 3 aromatic carbocycles. The molecule has 0 spiro atoms. The van der Waals surface area contributed by atoms with E-state index in [0.29, 0.717) is 29.0 Å². The predicted octanol–water partition coefficient (Wildman–Crippen LogP) is 4.16. The quantitative estimate of drug-likeness (QED) is 0.474. The first-order chi connectivity index (χ1) is 15.2. The van der Waals surface area contributed by atoms with Gasteiger partial charge in [0.2, 0.25) is 11.8 Å². The van der Waals surface area contributed by atoms with Crippen LogP contribution >= 0.6 is 0 Å². The number of nitrogens with one attached hydrogen (secondary N) is 3. The molecule has 0 aromatic heterocycles. The minimum absolute atomic E-state index is 0.0558. The fraction of sp³-hybridized carbons (Fsp3) is 0.130. The van der Waals surface area contributed by atoms with Gasteiger partial charge in [-0.1, -0.05) is 25.1 Å². The molecule has 2 amide bonds. The highest BCUT2D eigenvalue weighted by molar-refractivity contribution is 7.92. The third-order valence-electron chi connectivity index (χ3n) is 4.45. The van der Waals surface area contributed by atoms with Crippen molar-refractivity contribution in [3.63, 3.8) is 0 Å². The van der Waals surface area contributed by atoms with E-state index in [-0.39, 0.29) is 23.1 Å². The highest BCUT2D eigenvalue weighted by Gasteiger charge is 2.14. The predicted molar refractivity (Wildman–Crippen MR) is 121 cm³/mol. The lowest BCUT2D eigenvalue weighted by atomic mass is 10.1. The standard InChI is InChI=1S/C23H22FN3O4S/c1-2-22(28)25-19-4-3-5-20(15-19)26-23(29)14-16-6-10-18(11-7-16)27-32(30,31)21-12-8-17(24)9-13-21/h3-13,15,27H,2,14H2,1H3,(H,25,28)(H,26,29). The highest BCUT2D eigenvalue weighted by atomic mass is 32.2. The Kier molecular flexibility index (Phi) is 7.21. The molecule has 9 heteroatoms. The number of sulfonamides is 1. The van der Waals surface area contributed by atoms with E-state index < -0.39 is 15.8 Å². The molecule has 0 aliphatic carbocycles. The Bertz CT molecular complexity index is 1210. The Morgan fingerprint density at radius 1 is 0.812 bits per heavy atom. The molecule has 0 radical (unpaired) electrons. The molecule has 0 unspecified atom stereocenters. The van der Waals surface area contributed by atoms with Gasteiger partial charge in [-0.2, -0.15) is 0 Å². The first-order valence-electron chi connectivity index (χ1n) is 9.82. The second-order valence-electron chi connectivity index (χ2n) is 6.96. The smallest absolute Gasteiger partial charge is 0.261 e. The van der Waals surface area contributed by atoms with Crippen LogP contribution in [0.4, 0.5) is 21.5 Å². The molecule has 3 rings (SSSR count). The van der Waals surface area contributed by atoms with E-state index in [2.05, 4.69) is 15.4 Å². The summed E-state index contributed by atoms with van der Waals surface area (Å²) in [4.78, 5) is 23.8. The van der Waals surface area contributed by atoms with Crippen LogP contribution in [0.1, 0.15) is 18.9 Å². The second-order valence-corrected chi connectivity index (χ2v) is 8.65. The van der Waals surface area contributed by atoms with Crippen molar-refractivity contribution in [2.45, 2.75) is 24.7 Å². The third-order valence-corrected chi connectivity index (χ3v) is 5.84. The lowest BCUT2D eigenvalue weighted by molar-refractivity contribution is -0.116. The maximum absolute atomic E-state index is 13.0. The van der Waals surface area contributed by atoms with Gasteiger partial charge in [0.05, 0.1) is 11.3 Å². The zero-order chi connectivity index (χ0) is 23.1. The van der Waals surface area contributed by atoms with Crippen molar-refractivity contribution < 1.29 is 22.4 Å². The van der Waals surface area contributed by atoms with Gasteiger partial charge in [-0.05, 0) is 60.2 Å². The van der Waals surface area contributed by atoms with E-state index in [1.165, 1.54) is 12.1 Å². The van der Waals surface area contributed by atoms with E-state index >= 15 is 0 Å². The number of rotatable bonds is 8. The molecule has 0 bridgehead atoms. The molecule has 7 nitrogen and oxygen atoms in total. The van der Waals surface area contributed by atoms with Crippen LogP contribution in [0.5, 0.6) is 0 Å². The topological polar surface area (TPSA) is 104 Å². The highest BCUT2D eigenvalue weighted by Crippen LogP contribution is 2.19. The Morgan fingerprint density at radius 2 is 1.41 bits per heavy atom. The number of hydrogen-bond acceptors (Lipinski definition) is 4. The molecular weight excluding hydrogens is 433 g/mol. The molecule has 0 aliphatic rings. The van der Waals surface area contributed by atoms with Crippen LogP contribution in [0, 0.1) is 5.82 Å². The zero-order valence-electron chi connectivity index (χ0n) is 17.3. The van der Waals surface area contributed by atoms with E-state index in [1.807, 2.05) is 0 Å². The summed E-state index contributed by atoms with van der Waals surface area (Å²) in [6.07, 6.45) is 0.434. The Labute approximate surface area is 185 Å². The minimum atomic E-state index is -3.85. The number of halogens is 1. The van der Waals surface area contributed by atoms with Crippen molar-refractivity contribution >= 4 is 38.9 Å². The average Bonchev–Trinajstić information content (AvgIpc) is 2.75. The monoisotopic (exact) mass is 455 g/mol. The molecule has 0 atom stereocenters. The molecule has 166 valence electrons. The van der Waals surface area contributed by atoms with Gasteiger partial charge < -0.3 is 10.6 Å².